The van der Waals surface area contributed by atoms with Gasteiger partial charge in [-0.05, 0) is 6.07 Å². The summed E-state index contributed by atoms with van der Waals surface area (Å²) in [5.74, 6) is -0.575. The molecule has 1 aliphatic heterocycles. The van der Waals surface area contributed by atoms with Crippen LogP contribution in [-0.2, 0) is 16.4 Å². The third-order valence-corrected chi connectivity index (χ3v) is 4.66. The smallest absolute Gasteiger partial charge is 0.270 e. The second-order valence-corrected chi connectivity index (χ2v) is 6.66. The molecule has 0 spiro atoms. The second-order valence-electron chi connectivity index (χ2n) is 4.51. The van der Waals surface area contributed by atoms with Crippen molar-refractivity contribution in [2.24, 2.45) is 0 Å². The zero-order valence-electron chi connectivity index (χ0n) is 10.3. The highest BCUT2D eigenvalue weighted by atomic mass is 32.2. The van der Waals surface area contributed by atoms with Gasteiger partial charge < -0.3 is 14.9 Å². The molecule has 0 saturated carbocycles. The SMILES string of the molecule is O=[N+]([O-])c1ccc(OC2CS(=O)(=O)CC2O)c(CO)c1. The zero-order valence-corrected chi connectivity index (χ0v) is 11.1. The van der Waals surface area contributed by atoms with Crippen molar-refractivity contribution in [3.05, 3.63) is 33.9 Å². The largest absolute Gasteiger partial charge is 0.486 e. The summed E-state index contributed by atoms with van der Waals surface area (Å²) in [5.41, 5.74) is -0.0447. The summed E-state index contributed by atoms with van der Waals surface area (Å²) >= 11 is 0. The molecule has 2 unspecified atom stereocenters. The summed E-state index contributed by atoms with van der Waals surface area (Å²) in [6.45, 7) is -0.493. The van der Waals surface area contributed by atoms with Crippen LogP contribution < -0.4 is 4.74 Å². The number of ether oxygens (including phenoxy) is 1. The average molecular weight is 303 g/mol. The number of rotatable bonds is 4. The first-order valence-electron chi connectivity index (χ1n) is 5.76. The molecule has 0 aromatic heterocycles. The number of hydrogen-bond donors (Lipinski definition) is 2. The molecule has 2 N–H and O–H groups in total. The number of hydrogen-bond acceptors (Lipinski definition) is 7. The van der Waals surface area contributed by atoms with Gasteiger partial charge in [0.25, 0.3) is 5.69 Å². The molecule has 0 bridgehead atoms. The van der Waals surface area contributed by atoms with Crippen LogP contribution in [0.15, 0.2) is 18.2 Å². The molecular weight excluding hydrogens is 290 g/mol. The Bertz CT molecular complexity index is 628. The van der Waals surface area contributed by atoms with Crippen LogP contribution in [0.4, 0.5) is 5.69 Å². The van der Waals surface area contributed by atoms with Gasteiger partial charge in [0.05, 0.1) is 23.0 Å². The van der Waals surface area contributed by atoms with E-state index in [1.165, 1.54) is 12.1 Å². The molecule has 1 aromatic carbocycles. The van der Waals surface area contributed by atoms with Gasteiger partial charge in [-0.3, -0.25) is 10.1 Å². The lowest BCUT2D eigenvalue weighted by molar-refractivity contribution is -0.385. The standard InChI is InChI=1S/C11H13NO7S/c13-4-7-3-8(12(15)16)1-2-10(7)19-11-6-20(17,18)5-9(11)14/h1-3,9,11,13-14H,4-6H2. The van der Waals surface area contributed by atoms with Crippen LogP contribution in [0.25, 0.3) is 0 Å². The minimum absolute atomic E-state index is 0.124. The van der Waals surface area contributed by atoms with Crippen molar-refractivity contribution in [3.8, 4) is 5.75 Å². The lowest BCUT2D eigenvalue weighted by Crippen LogP contribution is -2.30. The number of nitro groups is 1. The lowest BCUT2D eigenvalue weighted by atomic mass is 10.2. The Kier molecular flexibility index (Phi) is 3.93. The molecule has 0 amide bonds. The Morgan fingerprint density at radius 2 is 2.10 bits per heavy atom. The number of nitro benzene ring substituents is 1. The Morgan fingerprint density at radius 3 is 2.60 bits per heavy atom. The molecule has 0 radical (unpaired) electrons. The lowest BCUT2D eigenvalue weighted by Gasteiger charge is -2.17. The van der Waals surface area contributed by atoms with E-state index in [1.807, 2.05) is 0 Å². The van der Waals surface area contributed by atoms with Gasteiger partial charge in [0.2, 0.25) is 0 Å². The van der Waals surface area contributed by atoms with Crippen molar-refractivity contribution >= 4 is 15.5 Å². The maximum atomic E-state index is 11.4. The van der Waals surface area contributed by atoms with Crippen molar-refractivity contribution in [3.63, 3.8) is 0 Å². The van der Waals surface area contributed by atoms with Gasteiger partial charge in [-0.25, -0.2) is 8.42 Å². The van der Waals surface area contributed by atoms with E-state index >= 15 is 0 Å². The Labute approximate surface area is 114 Å². The van der Waals surface area contributed by atoms with E-state index in [0.29, 0.717) is 0 Å². The predicted molar refractivity (Wildman–Crippen MR) is 68.1 cm³/mol. The topological polar surface area (TPSA) is 127 Å². The highest BCUT2D eigenvalue weighted by Crippen LogP contribution is 2.27. The van der Waals surface area contributed by atoms with Crippen molar-refractivity contribution in [1.29, 1.82) is 0 Å². The number of benzene rings is 1. The molecule has 2 rings (SSSR count). The van der Waals surface area contributed by atoms with Crippen molar-refractivity contribution < 1.29 is 28.3 Å². The number of nitrogens with zero attached hydrogens (tertiary/aromatic N) is 1. The Hall–Kier alpha value is -1.71. The van der Waals surface area contributed by atoms with E-state index in [1.54, 1.807) is 0 Å². The minimum Gasteiger partial charge on any atom is -0.486 e. The normalized spacial score (nSPS) is 24.5. The maximum absolute atomic E-state index is 11.4. The van der Waals surface area contributed by atoms with Crippen LogP contribution in [-0.4, -0.2) is 47.3 Å². The van der Waals surface area contributed by atoms with Crippen LogP contribution in [0.5, 0.6) is 5.75 Å². The zero-order chi connectivity index (χ0) is 14.9. The summed E-state index contributed by atoms with van der Waals surface area (Å²) in [6, 6.07) is 3.61. The molecule has 8 nitrogen and oxygen atoms in total. The summed E-state index contributed by atoms with van der Waals surface area (Å²) in [6.07, 6.45) is -2.09. The first kappa shape index (κ1) is 14.7. The van der Waals surface area contributed by atoms with Gasteiger partial charge in [0, 0.05) is 17.7 Å². The van der Waals surface area contributed by atoms with Crippen LogP contribution in [0.2, 0.25) is 0 Å². The monoisotopic (exact) mass is 303 g/mol. The quantitative estimate of drug-likeness (QED) is 0.573. The number of non-ortho nitro benzene ring substituents is 1. The molecule has 1 aromatic rings. The predicted octanol–water partition coefficient (Wildman–Crippen LogP) is -0.376. The Morgan fingerprint density at radius 1 is 1.40 bits per heavy atom. The molecule has 1 fully saturated rings. The molecule has 0 aliphatic carbocycles. The fourth-order valence-corrected chi connectivity index (χ4v) is 3.65. The summed E-state index contributed by atoms with van der Waals surface area (Å²) in [5, 5.41) is 29.4. The van der Waals surface area contributed by atoms with E-state index in [-0.39, 0.29) is 28.5 Å². The fraction of sp³-hybridized carbons (Fsp3) is 0.455. The molecule has 110 valence electrons. The molecule has 2 atom stereocenters. The number of aliphatic hydroxyl groups excluding tert-OH is 2. The third-order valence-electron chi connectivity index (χ3n) is 2.98. The summed E-state index contributed by atoms with van der Waals surface area (Å²) < 4.78 is 28.1. The fourth-order valence-electron chi connectivity index (χ4n) is 1.99. The van der Waals surface area contributed by atoms with Crippen molar-refractivity contribution in [2.75, 3.05) is 11.5 Å². The summed E-state index contributed by atoms with van der Waals surface area (Å²) in [7, 11) is -3.35. The second kappa shape index (κ2) is 5.35. The van der Waals surface area contributed by atoms with Crippen LogP contribution in [0, 0.1) is 10.1 Å². The Balaban J connectivity index is 2.24. The van der Waals surface area contributed by atoms with Crippen molar-refractivity contribution in [1.82, 2.24) is 0 Å². The summed E-state index contributed by atoms with van der Waals surface area (Å²) in [4.78, 5) is 10.0. The highest BCUT2D eigenvalue weighted by molar-refractivity contribution is 7.91. The van der Waals surface area contributed by atoms with Gasteiger partial charge >= 0.3 is 0 Å². The maximum Gasteiger partial charge on any atom is 0.270 e. The molecule has 9 heteroatoms. The van der Waals surface area contributed by atoms with E-state index in [2.05, 4.69) is 0 Å². The minimum atomic E-state index is -3.35. The molecule has 1 aliphatic rings. The van der Waals surface area contributed by atoms with Gasteiger partial charge in [-0.15, -0.1) is 0 Å². The molecule has 1 heterocycles. The van der Waals surface area contributed by atoms with Gasteiger partial charge in [0.1, 0.15) is 18.0 Å². The van der Waals surface area contributed by atoms with Crippen LogP contribution in [0.3, 0.4) is 0 Å². The van der Waals surface area contributed by atoms with Gasteiger partial charge in [-0.2, -0.15) is 0 Å². The first-order valence-corrected chi connectivity index (χ1v) is 7.58. The van der Waals surface area contributed by atoms with Gasteiger partial charge in [0.15, 0.2) is 9.84 Å². The van der Waals surface area contributed by atoms with E-state index in [4.69, 9.17) is 4.74 Å². The molecule has 1 saturated heterocycles. The van der Waals surface area contributed by atoms with Crippen LogP contribution >= 0.6 is 0 Å². The first-order chi connectivity index (χ1) is 9.32. The molecular formula is C11H13NO7S. The van der Waals surface area contributed by atoms with E-state index < -0.39 is 33.6 Å². The number of sulfone groups is 1. The van der Waals surface area contributed by atoms with Crippen molar-refractivity contribution in [2.45, 2.75) is 18.8 Å². The average Bonchev–Trinajstić information content (AvgIpc) is 2.62. The van der Waals surface area contributed by atoms with E-state index in [9.17, 15) is 28.7 Å². The third kappa shape index (κ3) is 3.06. The van der Waals surface area contributed by atoms with Crippen LogP contribution in [0.1, 0.15) is 5.56 Å². The number of aliphatic hydroxyl groups is 2. The van der Waals surface area contributed by atoms with Gasteiger partial charge in [-0.1, -0.05) is 0 Å². The van der Waals surface area contributed by atoms with E-state index in [0.717, 1.165) is 6.07 Å². The molecule has 20 heavy (non-hydrogen) atoms. The highest BCUT2D eigenvalue weighted by Gasteiger charge is 2.38.